The van der Waals surface area contributed by atoms with Crippen LogP contribution >= 0.6 is 0 Å². The predicted octanol–water partition coefficient (Wildman–Crippen LogP) is 3.76. The largest absolute Gasteiger partial charge is 0.487 e. The first-order valence-electron chi connectivity index (χ1n) is 11.1. The molecule has 3 amide bonds. The number of carbonyl (C=O) groups is 2. The predicted molar refractivity (Wildman–Crippen MR) is 126 cm³/mol. The second-order valence-electron chi connectivity index (χ2n) is 8.62. The molecule has 5 rings (SSSR count). The van der Waals surface area contributed by atoms with Crippen molar-refractivity contribution in [1.29, 1.82) is 0 Å². The first-order valence-corrected chi connectivity index (χ1v) is 11.1. The molecule has 2 aromatic rings. The maximum atomic E-state index is 12.6. The highest BCUT2D eigenvalue weighted by Gasteiger charge is 2.65. The molecule has 1 saturated heterocycles. The Morgan fingerprint density at radius 1 is 1.35 bits per heavy atom. The summed E-state index contributed by atoms with van der Waals surface area (Å²) in [6.07, 6.45) is 10.0. The van der Waals surface area contributed by atoms with Gasteiger partial charge in [-0.2, -0.15) is 0 Å². The van der Waals surface area contributed by atoms with Crippen LogP contribution in [-0.4, -0.2) is 33.5 Å². The Hall–Kier alpha value is -4.14. The van der Waals surface area contributed by atoms with E-state index >= 15 is 0 Å². The fourth-order valence-electron chi connectivity index (χ4n) is 4.19. The zero-order valence-corrected chi connectivity index (χ0v) is 19.0. The summed E-state index contributed by atoms with van der Waals surface area (Å²) in [5.74, 6) is 2.41. The number of hydrogen-bond acceptors (Lipinski definition) is 6. The number of fused-ring (bicyclic) bond motifs is 2. The van der Waals surface area contributed by atoms with Crippen LogP contribution in [0.15, 0.2) is 66.5 Å². The van der Waals surface area contributed by atoms with E-state index < -0.39 is 5.54 Å². The number of aryl methyl sites for hydroxylation is 1. The van der Waals surface area contributed by atoms with Crippen molar-refractivity contribution in [3.63, 3.8) is 0 Å². The van der Waals surface area contributed by atoms with Gasteiger partial charge in [0.1, 0.15) is 34.7 Å². The smallest absolute Gasteiger partial charge is 0.320 e. The van der Waals surface area contributed by atoms with E-state index in [1.807, 2.05) is 19.9 Å². The molecule has 174 valence electrons. The lowest BCUT2D eigenvalue weighted by Gasteiger charge is -2.18. The van der Waals surface area contributed by atoms with Gasteiger partial charge in [0.15, 0.2) is 0 Å². The van der Waals surface area contributed by atoms with Gasteiger partial charge in [0, 0.05) is 36.4 Å². The van der Waals surface area contributed by atoms with Crippen molar-refractivity contribution in [1.82, 2.24) is 15.3 Å². The number of nitrogens with zero attached hydrogens (tertiary/aromatic N) is 2. The van der Waals surface area contributed by atoms with Gasteiger partial charge < -0.3 is 25.4 Å². The molecule has 2 fully saturated rings. The minimum Gasteiger partial charge on any atom is -0.487 e. The molecule has 2 aromatic heterocycles. The second-order valence-corrected chi connectivity index (χ2v) is 8.62. The van der Waals surface area contributed by atoms with Crippen LogP contribution in [0.4, 0.5) is 16.3 Å². The van der Waals surface area contributed by atoms with Crippen LogP contribution in [0.25, 0.3) is 0 Å². The zero-order chi connectivity index (χ0) is 23.9. The summed E-state index contributed by atoms with van der Waals surface area (Å²) in [6, 6.07) is 3.29. The Labute approximate surface area is 197 Å². The quantitative estimate of drug-likeness (QED) is 0.587. The number of rotatable bonds is 5. The van der Waals surface area contributed by atoms with Crippen molar-refractivity contribution in [2.75, 3.05) is 10.6 Å². The summed E-state index contributed by atoms with van der Waals surface area (Å²) in [6.45, 7) is 7.91. The van der Waals surface area contributed by atoms with Crippen LogP contribution in [0.3, 0.4) is 0 Å². The van der Waals surface area contributed by atoms with Crippen LogP contribution < -0.4 is 20.7 Å². The van der Waals surface area contributed by atoms with Crippen LogP contribution in [-0.2, 0) is 16.0 Å². The number of ether oxygens (including phenoxy) is 2. The minimum absolute atomic E-state index is 0.0450. The molecule has 9 nitrogen and oxygen atoms in total. The van der Waals surface area contributed by atoms with Crippen molar-refractivity contribution < 1.29 is 19.1 Å². The maximum absolute atomic E-state index is 12.6. The summed E-state index contributed by atoms with van der Waals surface area (Å²) < 4.78 is 12.0. The van der Waals surface area contributed by atoms with Crippen LogP contribution in [0.2, 0.25) is 0 Å². The summed E-state index contributed by atoms with van der Waals surface area (Å²) in [5, 5.41) is 8.62. The third-order valence-corrected chi connectivity index (χ3v) is 6.24. The van der Waals surface area contributed by atoms with E-state index in [0.29, 0.717) is 48.0 Å². The molecule has 34 heavy (non-hydrogen) atoms. The summed E-state index contributed by atoms with van der Waals surface area (Å²) in [7, 11) is 0. The molecular formula is C25H25N5O4. The number of amides is 3. The van der Waals surface area contributed by atoms with Crippen molar-refractivity contribution in [3.05, 3.63) is 77.7 Å². The van der Waals surface area contributed by atoms with Gasteiger partial charge in [-0.3, -0.25) is 9.78 Å². The van der Waals surface area contributed by atoms with Crippen molar-refractivity contribution in [2.24, 2.45) is 0 Å². The molecule has 4 heterocycles. The normalized spacial score (nSPS) is 24.0. The van der Waals surface area contributed by atoms with E-state index in [1.54, 1.807) is 36.8 Å². The lowest BCUT2D eigenvalue weighted by atomic mass is 10.1. The number of nitrogens with one attached hydrogen (secondary N) is 3. The molecule has 1 saturated carbocycles. The lowest BCUT2D eigenvalue weighted by molar-refractivity contribution is -0.116. The summed E-state index contributed by atoms with van der Waals surface area (Å²) in [4.78, 5) is 32.4. The van der Waals surface area contributed by atoms with E-state index in [0.717, 1.165) is 16.7 Å². The fourth-order valence-corrected chi connectivity index (χ4v) is 4.19. The molecule has 0 radical (unpaired) electrons. The molecule has 1 unspecified atom stereocenters. The fraction of sp³-hybridized carbons (Fsp3) is 0.280. The number of hydrogen-bond donors (Lipinski definition) is 3. The van der Waals surface area contributed by atoms with Gasteiger partial charge in [0.05, 0.1) is 11.9 Å². The molecule has 1 aliphatic carbocycles. The molecule has 9 heteroatoms. The maximum Gasteiger partial charge on any atom is 0.320 e. The van der Waals surface area contributed by atoms with Crippen molar-refractivity contribution in [3.8, 4) is 5.75 Å². The average molecular weight is 460 g/mol. The highest BCUT2D eigenvalue weighted by Crippen LogP contribution is 2.54. The van der Waals surface area contributed by atoms with Crippen LogP contribution in [0, 0.1) is 6.92 Å². The topological polar surface area (TPSA) is 114 Å². The zero-order valence-electron chi connectivity index (χ0n) is 19.0. The Kier molecular flexibility index (Phi) is 5.31. The van der Waals surface area contributed by atoms with E-state index in [9.17, 15) is 9.59 Å². The van der Waals surface area contributed by atoms with Gasteiger partial charge in [-0.15, -0.1) is 0 Å². The molecule has 2 atom stereocenters. The summed E-state index contributed by atoms with van der Waals surface area (Å²) in [5.41, 5.74) is 2.58. The second kappa shape index (κ2) is 8.33. The Morgan fingerprint density at radius 2 is 2.21 bits per heavy atom. The van der Waals surface area contributed by atoms with Gasteiger partial charge >= 0.3 is 6.03 Å². The molecule has 0 spiro atoms. The van der Waals surface area contributed by atoms with Gasteiger partial charge in [-0.05, 0) is 50.1 Å². The molecule has 0 aromatic carbocycles. The first-order chi connectivity index (χ1) is 16.4. The highest BCUT2D eigenvalue weighted by atomic mass is 16.5. The van der Waals surface area contributed by atoms with Gasteiger partial charge in [0.2, 0.25) is 5.91 Å². The first kappa shape index (κ1) is 21.7. The van der Waals surface area contributed by atoms with Crippen molar-refractivity contribution in [2.45, 2.75) is 44.8 Å². The van der Waals surface area contributed by atoms with E-state index in [1.165, 1.54) is 0 Å². The molecule has 2 aliphatic heterocycles. The number of urea groups is 1. The third-order valence-electron chi connectivity index (χ3n) is 6.24. The van der Waals surface area contributed by atoms with Crippen LogP contribution in [0.5, 0.6) is 5.75 Å². The van der Waals surface area contributed by atoms with Gasteiger partial charge in [-0.1, -0.05) is 6.58 Å². The molecule has 3 N–H and O–H groups in total. The highest BCUT2D eigenvalue weighted by molar-refractivity contribution is 5.93. The Balaban J connectivity index is 1.24. The standard InChI is InChI=1S/C25H25N5O4/c1-14-8-10-26-13-18(14)28-24(32)30-25-12-21(25)34-19(16(25)3)6-4-15(2)33-20-9-11-27-23-17(20)5-7-22(31)29-23/h4,6,8-11,13,21H,3,5,7,12H2,1-2H3,(H,27,29,31)(H2,28,30,32)/b15-4+,19-6+/t21-,25?/m0/s1. The third kappa shape index (κ3) is 4.00. The Bertz CT molecular complexity index is 1270. The number of carbonyl (C=O) groups excluding carboxylic acids is 2. The Morgan fingerprint density at radius 3 is 3.03 bits per heavy atom. The molecule has 0 bridgehead atoms. The number of allylic oxidation sites excluding steroid dienone is 3. The molecular weight excluding hydrogens is 434 g/mol. The number of aromatic nitrogens is 2. The van der Waals surface area contributed by atoms with Crippen molar-refractivity contribution >= 4 is 23.4 Å². The van der Waals surface area contributed by atoms with Gasteiger partial charge in [-0.25, -0.2) is 9.78 Å². The minimum atomic E-state index is -0.600. The van der Waals surface area contributed by atoms with E-state index in [4.69, 9.17) is 9.47 Å². The van der Waals surface area contributed by atoms with Crippen LogP contribution in [0.1, 0.15) is 30.9 Å². The van der Waals surface area contributed by atoms with Gasteiger partial charge in [0.25, 0.3) is 0 Å². The average Bonchev–Trinajstić information content (AvgIpc) is 3.43. The van der Waals surface area contributed by atoms with E-state index in [-0.39, 0.29) is 18.0 Å². The SMILES string of the molecule is C=C1/C(=C\C=C(/C)Oc2ccnc3c2CCC(=O)N3)O[C@H]2CC12NC(=O)Nc1cnccc1C. The lowest BCUT2D eigenvalue weighted by Crippen LogP contribution is -2.41. The number of anilines is 2. The summed E-state index contributed by atoms with van der Waals surface area (Å²) >= 11 is 0. The molecule has 3 aliphatic rings. The monoisotopic (exact) mass is 459 g/mol. The van der Waals surface area contributed by atoms with E-state index in [2.05, 4.69) is 32.5 Å². The number of pyridine rings is 2.